The van der Waals surface area contributed by atoms with E-state index in [9.17, 15) is 13.2 Å². The summed E-state index contributed by atoms with van der Waals surface area (Å²) in [5, 5.41) is 3.31. The number of hydrogen-bond acceptors (Lipinski definition) is 6. The van der Waals surface area contributed by atoms with E-state index in [1.807, 2.05) is 10.3 Å². The maximum atomic E-state index is 12.6. The molecule has 0 spiro atoms. The summed E-state index contributed by atoms with van der Waals surface area (Å²) < 4.78 is 37.7. The van der Waals surface area contributed by atoms with E-state index in [4.69, 9.17) is 0 Å². The van der Waals surface area contributed by atoms with E-state index in [0.717, 1.165) is 24.4 Å². The standard InChI is InChI=1S/C11H11F3N4S2/c12-11(13,14)8-7-16-10(20-8)18-4-2-17(3-5-18)9-15-1-6-19-9/h1,6-7H,2-5H2. The molecule has 9 heteroatoms. The van der Waals surface area contributed by atoms with Gasteiger partial charge in [0.1, 0.15) is 4.88 Å². The Kier molecular flexibility index (Phi) is 3.55. The zero-order chi connectivity index (χ0) is 14.2. The minimum absolute atomic E-state index is 0.441. The summed E-state index contributed by atoms with van der Waals surface area (Å²) in [5.74, 6) is 0. The lowest BCUT2D eigenvalue weighted by Gasteiger charge is -2.34. The van der Waals surface area contributed by atoms with E-state index < -0.39 is 11.1 Å². The summed E-state index contributed by atoms with van der Waals surface area (Å²) in [4.78, 5) is 11.5. The minimum atomic E-state index is -4.31. The van der Waals surface area contributed by atoms with E-state index in [2.05, 4.69) is 14.9 Å². The van der Waals surface area contributed by atoms with Crippen molar-refractivity contribution in [3.63, 3.8) is 0 Å². The summed E-state index contributed by atoms with van der Waals surface area (Å²) in [6.45, 7) is 2.80. The van der Waals surface area contributed by atoms with Gasteiger partial charge >= 0.3 is 6.18 Å². The maximum Gasteiger partial charge on any atom is 0.427 e. The van der Waals surface area contributed by atoms with Crippen LogP contribution in [-0.4, -0.2) is 36.1 Å². The third kappa shape index (κ3) is 2.73. The molecule has 0 aromatic carbocycles. The molecule has 1 fully saturated rings. The molecule has 3 heterocycles. The van der Waals surface area contributed by atoms with E-state index in [1.165, 1.54) is 0 Å². The Morgan fingerprint density at radius 2 is 1.65 bits per heavy atom. The van der Waals surface area contributed by atoms with Crippen molar-refractivity contribution in [3.8, 4) is 0 Å². The average Bonchev–Trinajstić information content (AvgIpc) is 3.10. The second kappa shape index (κ2) is 5.21. The number of rotatable bonds is 2. The lowest BCUT2D eigenvalue weighted by Crippen LogP contribution is -2.46. The topological polar surface area (TPSA) is 32.3 Å². The van der Waals surface area contributed by atoms with Gasteiger partial charge in [-0.15, -0.1) is 11.3 Å². The third-order valence-corrected chi connectivity index (χ3v) is 4.95. The van der Waals surface area contributed by atoms with Crippen LogP contribution in [0.2, 0.25) is 0 Å². The first kappa shape index (κ1) is 13.6. The van der Waals surface area contributed by atoms with Gasteiger partial charge in [-0.3, -0.25) is 0 Å². The van der Waals surface area contributed by atoms with Crippen molar-refractivity contribution in [3.05, 3.63) is 22.7 Å². The van der Waals surface area contributed by atoms with Crippen LogP contribution in [0.1, 0.15) is 4.88 Å². The number of halogens is 3. The molecule has 0 N–H and O–H groups in total. The first-order valence-electron chi connectivity index (χ1n) is 5.96. The Balaban J connectivity index is 1.65. The van der Waals surface area contributed by atoms with Crippen LogP contribution in [0.5, 0.6) is 0 Å². The number of piperazine rings is 1. The smallest absolute Gasteiger partial charge is 0.345 e. The van der Waals surface area contributed by atoms with Crippen LogP contribution in [0.4, 0.5) is 23.4 Å². The van der Waals surface area contributed by atoms with Gasteiger partial charge < -0.3 is 9.80 Å². The van der Waals surface area contributed by atoms with Crippen LogP contribution in [0.15, 0.2) is 17.8 Å². The molecular formula is C11H11F3N4S2. The van der Waals surface area contributed by atoms with Gasteiger partial charge in [0.2, 0.25) is 0 Å². The molecule has 108 valence electrons. The Morgan fingerprint density at radius 1 is 1.00 bits per heavy atom. The summed E-state index contributed by atoms with van der Waals surface area (Å²) in [7, 11) is 0. The van der Waals surface area contributed by atoms with Gasteiger partial charge in [0.05, 0.1) is 6.20 Å². The number of aromatic nitrogens is 2. The third-order valence-electron chi connectivity index (χ3n) is 3.01. The minimum Gasteiger partial charge on any atom is -0.345 e. The number of nitrogens with zero attached hydrogens (tertiary/aromatic N) is 4. The molecule has 1 aliphatic heterocycles. The van der Waals surface area contributed by atoms with Crippen LogP contribution < -0.4 is 9.80 Å². The van der Waals surface area contributed by atoms with E-state index in [0.29, 0.717) is 29.6 Å². The molecule has 0 aliphatic carbocycles. The van der Waals surface area contributed by atoms with Crippen LogP contribution in [0, 0.1) is 0 Å². The maximum absolute atomic E-state index is 12.6. The van der Waals surface area contributed by atoms with E-state index in [-0.39, 0.29) is 0 Å². The first-order chi connectivity index (χ1) is 9.54. The number of alkyl halides is 3. The van der Waals surface area contributed by atoms with Crippen LogP contribution in [-0.2, 0) is 6.18 Å². The molecule has 3 rings (SSSR count). The van der Waals surface area contributed by atoms with Crippen molar-refractivity contribution in [2.75, 3.05) is 36.0 Å². The number of hydrogen-bond donors (Lipinski definition) is 0. The quantitative estimate of drug-likeness (QED) is 0.852. The van der Waals surface area contributed by atoms with Gasteiger partial charge in [0.15, 0.2) is 10.3 Å². The van der Waals surface area contributed by atoms with Crippen molar-refractivity contribution < 1.29 is 13.2 Å². The molecule has 2 aromatic rings. The largest absolute Gasteiger partial charge is 0.427 e. The Hall–Kier alpha value is -1.35. The predicted molar refractivity (Wildman–Crippen MR) is 73.7 cm³/mol. The Labute approximate surface area is 121 Å². The van der Waals surface area contributed by atoms with Gasteiger partial charge in [0.25, 0.3) is 0 Å². The lowest BCUT2D eigenvalue weighted by molar-refractivity contribution is -0.134. The fourth-order valence-electron chi connectivity index (χ4n) is 2.00. The van der Waals surface area contributed by atoms with Crippen molar-refractivity contribution in [2.24, 2.45) is 0 Å². The molecule has 0 amide bonds. The van der Waals surface area contributed by atoms with Gasteiger partial charge in [-0.25, -0.2) is 9.97 Å². The zero-order valence-corrected chi connectivity index (χ0v) is 11.9. The summed E-state index contributed by atoms with van der Waals surface area (Å²) in [6, 6.07) is 0. The highest BCUT2D eigenvalue weighted by Gasteiger charge is 2.34. The van der Waals surface area contributed by atoms with Crippen molar-refractivity contribution >= 4 is 32.9 Å². The molecule has 0 saturated carbocycles. The van der Waals surface area contributed by atoms with Crippen LogP contribution in [0.3, 0.4) is 0 Å². The molecule has 1 saturated heterocycles. The lowest BCUT2D eigenvalue weighted by atomic mass is 10.3. The van der Waals surface area contributed by atoms with E-state index in [1.54, 1.807) is 17.5 Å². The highest BCUT2D eigenvalue weighted by Crippen LogP contribution is 2.36. The molecule has 20 heavy (non-hydrogen) atoms. The predicted octanol–water partition coefficient (Wildman–Crippen LogP) is 2.95. The molecule has 0 atom stereocenters. The fourth-order valence-corrected chi connectivity index (χ4v) is 3.53. The van der Waals surface area contributed by atoms with Gasteiger partial charge in [-0.1, -0.05) is 11.3 Å². The highest BCUT2D eigenvalue weighted by atomic mass is 32.1. The number of anilines is 2. The second-order valence-electron chi connectivity index (χ2n) is 4.29. The van der Waals surface area contributed by atoms with Crippen molar-refractivity contribution in [1.29, 1.82) is 0 Å². The van der Waals surface area contributed by atoms with Gasteiger partial charge in [-0.05, 0) is 0 Å². The molecule has 2 aromatic heterocycles. The molecular weight excluding hydrogens is 309 g/mol. The van der Waals surface area contributed by atoms with Gasteiger partial charge in [0, 0.05) is 37.8 Å². The van der Waals surface area contributed by atoms with Crippen LogP contribution in [0.25, 0.3) is 0 Å². The van der Waals surface area contributed by atoms with Crippen molar-refractivity contribution in [2.45, 2.75) is 6.18 Å². The SMILES string of the molecule is FC(F)(F)c1cnc(N2CCN(c3nccs3)CC2)s1. The summed E-state index contributed by atoms with van der Waals surface area (Å²) in [5.41, 5.74) is 0. The van der Waals surface area contributed by atoms with Crippen LogP contribution >= 0.6 is 22.7 Å². The number of thiazole rings is 2. The summed E-state index contributed by atoms with van der Waals surface area (Å²) >= 11 is 2.27. The normalized spacial score (nSPS) is 16.8. The average molecular weight is 320 g/mol. The highest BCUT2D eigenvalue weighted by molar-refractivity contribution is 7.15. The van der Waals surface area contributed by atoms with E-state index >= 15 is 0 Å². The molecule has 0 unspecified atom stereocenters. The molecule has 0 bridgehead atoms. The second-order valence-corrected chi connectivity index (χ2v) is 6.18. The molecule has 0 radical (unpaired) electrons. The summed E-state index contributed by atoms with van der Waals surface area (Å²) in [6.07, 6.45) is -1.64. The van der Waals surface area contributed by atoms with Crippen molar-refractivity contribution in [1.82, 2.24) is 9.97 Å². The fraction of sp³-hybridized carbons (Fsp3) is 0.455. The first-order valence-corrected chi connectivity index (χ1v) is 7.66. The Morgan fingerprint density at radius 3 is 2.15 bits per heavy atom. The monoisotopic (exact) mass is 320 g/mol. The molecule has 4 nitrogen and oxygen atoms in total. The molecule has 1 aliphatic rings. The van der Waals surface area contributed by atoms with Gasteiger partial charge in [-0.2, -0.15) is 13.2 Å². The Bertz CT molecular complexity index is 558. The zero-order valence-electron chi connectivity index (χ0n) is 10.3.